The number of aliphatic carboxylic acids is 1. The van der Waals surface area contributed by atoms with Crippen molar-refractivity contribution in [1.29, 1.82) is 0 Å². The lowest BCUT2D eigenvalue weighted by Gasteiger charge is -2.06. The van der Waals surface area contributed by atoms with E-state index in [-0.39, 0.29) is 18.2 Å². The van der Waals surface area contributed by atoms with Crippen LogP contribution < -0.4 is 10.6 Å². The molecule has 0 atom stereocenters. The van der Waals surface area contributed by atoms with Crippen LogP contribution in [0.5, 0.6) is 0 Å². The molecule has 0 bridgehead atoms. The Bertz CT molecular complexity index is 756. The van der Waals surface area contributed by atoms with Crippen molar-refractivity contribution >= 4 is 39.9 Å². The number of aromatic nitrogens is 1. The molecule has 1 aromatic carbocycles. The Hall–Kier alpha value is -2.74. The average molecular weight is 361 g/mol. The summed E-state index contributed by atoms with van der Waals surface area (Å²) in [6.07, 6.45) is 2.09. The van der Waals surface area contributed by atoms with Gasteiger partial charge in [-0.05, 0) is 30.7 Å². The quantitative estimate of drug-likeness (QED) is 0.669. The molecular formula is C17H19N3O4S. The summed E-state index contributed by atoms with van der Waals surface area (Å²) in [6.45, 7) is 2.02. The van der Waals surface area contributed by atoms with E-state index in [2.05, 4.69) is 15.6 Å². The van der Waals surface area contributed by atoms with E-state index >= 15 is 0 Å². The first-order chi connectivity index (χ1) is 12.0. The number of nitrogens with one attached hydrogen (secondary N) is 2. The highest BCUT2D eigenvalue weighted by Crippen LogP contribution is 2.18. The Morgan fingerprint density at radius 2 is 1.88 bits per heavy atom. The van der Waals surface area contributed by atoms with E-state index in [1.165, 1.54) is 11.3 Å². The predicted octanol–water partition coefficient (Wildman–Crippen LogP) is 3.15. The second kappa shape index (κ2) is 8.93. The summed E-state index contributed by atoms with van der Waals surface area (Å²) >= 11 is 1.17. The molecule has 0 aliphatic rings. The van der Waals surface area contributed by atoms with Crippen molar-refractivity contribution in [2.45, 2.75) is 32.6 Å². The van der Waals surface area contributed by atoms with Gasteiger partial charge in [-0.3, -0.25) is 19.7 Å². The van der Waals surface area contributed by atoms with Crippen LogP contribution in [0.15, 0.2) is 29.6 Å². The second-order valence-corrected chi connectivity index (χ2v) is 6.26. The molecule has 8 heteroatoms. The summed E-state index contributed by atoms with van der Waals surface area (Å²) in [7, 11) is 0. The lowest BCUT2D eigenvalue weighted by Crippen LogP contribution is -2.13. The second-order valence-electron chi connectivity index (χ2n) is 5.40. The minimum atomic E-state index is -0.972. The predicted molar refractivity (Wildman–Crippen MR) is 96.0 cm³/mol. The first-order valence-electron chi connectivity index (χ1n) is 7.85. The van der Waals surface area contributed by atoms with Crippen molar-refractivity contribution in [3.05, 3.63) is 40.9 Å². The average Bonchev–Trinajstić information content (AvgIpc) is 2.99. The molecule has 0 unspecified atom stereocenters. The zero-order valence-electron chi connectivity index (χ0n) is 13.7. The Labute approximate surface area is 149 Å². The number of amides is 2. The summed E-state index contributed by atoms with van der Waals surface area (Å²) in [5.74, 6) is -1.37. The largest absolute Gasteiger partial charge is 0.481 e. The van der Waals surface area contributed by atoms with Gasteiger partial charge in [0.15, 0.2) is 5.13 Å². The zero-order chi connectivity index (χ0) is 18.2. The van der Waals surface area contributed by atoms with Gasteiger partial charge < -0.3 is 10.4 Å². The lowest BCUT2D eigenvalue weighted by atomic mass is 10.2. The maximum absolute atomic E-state index is 12.2. The van der Waals surface area contributed by atoms with Gasteiger partial charge in [0, 0.05) is 23.1 Å². The van der Waals surface area contributed by atoms with Crippen LogP contribution in [0.4, 0.5) is 10.8 Å². The molecule has 0 saturated heterocycles. The molecule has 1 aromatic heterocycles. The fraction of sp³-hybridized carbons (Fsp3) is 0.294. The van der Waals surface area contributed by atoms with E-state index in [9.17, 15) is 14.4 Å². The lowest BCUT2D eigenvalue weighted by molar-refractivity contribution is -0.136. The summed E-state index contributed by atoms with van der Waals surface area (Å²) in [6, 6.07) is 6.54. The van der Waals surface area contributed by atoms with Crippen LogP contribution in [0.25, 0.3) is 0 Å². The minimum Gasteiger partial charge on any atom is -0.481 e. The highest BCUT2D eigenvalue weighted by molar-refractivity contribution is 7.14. The van der Waals surface area contributed by atoms with E-state index < -0.39 is 5.97 Å². The van der Waals surface area contributed by atoms with Crippen LogP contribution in [0.3, 0.4) is 0 Å². The molecule has 0 fully saturated rings. The van der Waals surface area contributed by atoms with Gasteiger partial charge in [-0.15, -0.1) is 11.3 Å². The topological polar surface area (TPSA) is 108 Å². The van der Waals surface area contributed by atoms with Crippen LogP contribution in [-0.4, -0.2) is 27.9 Å². The molecule has 0 aliphatic carbocycles. The molecule has 0 aliphatic heterocycles. The van der Waals surface area contributed by atoms with Gasteiger partial charge >= 0.3 is 5.97 Å². The number of unbranched alkanes of at least 4 members (excludes halogenated alkanes) is 1. The number of anilines is 2. The highest BCUT2D eigenvalue weighted by Gasteiger charge is 2.11. The van der Waals surface area contributed by atoms with Gasteiger partial charge in [0.25, 0.3) is 5.91 Å². The molecule has 2 rings (SSSR count). The standard InChI is InChI=1S/C17H19N3O4S/c1-2-3-4-14(21)18-12-7-5-11(6-8-12)16(24)20-17-19-13(10-25-17)9-15(22)23/h5-8,10H,2-4,9H2,1H3,(H,18,21)(H,22,23)(H,19,20,24). The minimum absolute atomic E-state index is 0.0483. The number of thiazole rings is 1. The molecule has 3 N–H and O–H groups in total. The number of hydrogen-bond acceptors (Lipinski definition) is 5. The van der Waals surface area contributed by atoms with Crippen molar-refractivity contribution < 1.29 is 19.5 Å². The number of nitrogens with zero attached hydrogens (tertiary/aromatic N) is 1. The van der Waals surface area contributed by atoms with E-state index in [1.807, 2.05) is 6.92 Å². The number of benzene rings is 1. The van der Waals surface area contributed by atoms with Crippen molar-refractivity contribution in [2.75, 3.05) is 10.6 Å². The SMILES string of the molecule is CCCCC(=O)Nc1ccc(C(=O)Nc2nc(CC(=O)O)cs2)cc1. The maximum Gasteiger partial charge on any atom is 0.309 e. The third-order valence-electron chi connectivity index (χ3n) is 3.29. The highest BCUT2D eigenvalue weighted by atomic mass is 32.1. The number of carbonyl (C=O) groups excluding carboxylic acids is 2. The fourth-order valence-corrected chi connectivity index (χ4v) is 2.74. The number of carbonyl (C=O) groups is 3. The van der Waals surface area contributed by atoms with Gasteiger partial charge in [0.05, 0.1) is 12.1 Å². The molecule has 2 amide bonds. The smallest absolute Gasteiger partial charge is 0.309 e. The van der Waals surface area contributed by atoms with Crippen LogP contribution in [0, 0.1) is 0 Å². The number of carboxylic acid groups (broad SMARTS) is 1. The molecule has 1 heterocycles. The Balaban J connectivity index is 1.92. The zero-order valence-corrected chi connectivity index (χ0v) is 14.6. The summed E-state index contributed by atoms with van der Waals surface area (Å²) in [4.78, 5) is 38.5. The Morgan fingerprint density at radius 3 is 2.52 bits per heavy atom. The van der Waals surface area contributed by atoms with E-state index in [1.54, 1.807) is 29.6 Å². The third kappa shape index (κ3) is 6.00. The van der Waals surface area contributed by atoms with Gasteiger partial charge in [0.2, 0.25) is 5.91 Å². The van der Waals surface area contributed by atoms with E-state index in [4.69, 9.17) is 5.11 Å². The first kappa shape index (κ1) is 18.6. The van der Waals surface area contributed by atoms with Crippen LogP contribution >= 0.6 is 11.3 Å². The van der Waals surface area contributed by atoms with Crippen molar-refractivity contribution in [1.82, 2.24) is 4.98 Å². The van der Waals surface area contributed by atoms with Crippen molar-refractivity contribution in [2.24, 2.45) is 0 Å². The van der Waals surface area contributed by atoms with Crippen LogP contribution in [-0.2, 0) is 16.0 Å². The molecule has 2 aromatic rings. The van der Waals surface area contributed by atoms with Gasteiger partial charge in [0.1, 0.15) is 0 Å². The molecule has 0 saturated carbocycles. The summed E-state index contributed by atoms with van der Waals surface area (Å²) < 4.78 is 0. The Kier molecular flexibility index (Phi) is 6.64. The third-order valence-corrected chi connectivity index (χ3v) is 4.10. The van der Waals surface area contributed by atoms with Gasteiger partial charge in [-0.1, -0.05) is 13.3 Å². The van der Waals surface area contributed by atoms with Crippen LogP contribution in [0.2, 0.25) is 0 Å². The fourth-order valence-electron chi connectivity index (χ4n) is 2.04. The molecule has 25 heavy (non-hydrogen) atoms. The summed E-state index contributed by atoms with van der Waals surface area (Å²) in [5, 5.41) is 16.1. The maximum atomic E-state index is 12.2. The number of rotatable bonds is 8. The monoisotopic (exact) mass is 361 g/mol. The molecule has 132 valence electrons. The normalized spacial score (nSPS) is 10.3. The number of hydrogen-bond donors (Lipinski definition) is 3. The molecular weight excluding hydrogens is 342 g/mol. The van der Waals surface area contributed by atoms with E-state index in [0.29, 0.717) is 28.5 Å². The first-order valence-corrected chi connectivity index (χ1v) is 8.73. The molecule has 7 nitrogen and oxygen atoms in total. The molecule has 0 radical (unpaired) electrons. The number of carboxylic acids is 1. The van der Waals surface area contributed by atoms with Crippen molar-refractivity contribution in [3.63, 3.8) is 0 Å². The van der Waals surface area contributed by atoms with Crippen LogP contribution in [0.1, 0.15) is 42.2 Å². The van der Waals surface area contributed by atoms with E-state index in [0.717, 1.165) is 12.8 Å². The summed E-state index contributed by atoms with van der Waals surface area (Å²) in [5.41, 5.74) is 1.45. The van der Waals surface area contributed by atoms with Gasteiger partial charge in [-0.25, -0.2) is 4.98 Å². The Morgan fingerprint density at radius 1 is 1.16 bits per heavy atom. The molecule has 0 spiro atoms. The van der Waals surface area contributed by atoms with Gasteiger partial charge in [-0.2, -0.15) is 0 Å². The van der Waals surface area contributed by atoms with Crippen molar-refractivity contribution in [3.8, 4) is 0 Å².